The number of thiazole rings is 1. The van der Waals surface area contributed by atoms with Crippen molar-refractivity contribution in [1.29, 1.82) is 0 Å². The number of carbonyl (C=O) groups is 2. The Balaban J connectivity index is 2.20. The number of benzene rings is 1. The molecule has 1 aromatic heterocycles. The van der Waals surface area contributed by atoms with Gasteiger partial charge in [-0.2, -0.15) is 0 Å². The molecular formula is C13H12ClN3O3S. The average molecular weight is 326 g/mol. The van der Waals surface area contributed by atoms with Crippen LogP contribution < -0.4 is 10.2 Å². The number of hydrogen-bond acceptors (Lipinski definition) is 4. The Morgan fingerprint density at radius 1 is 1.38 bits per heavy atom. The predicted molar refractivity (Wildman–Crippen MR) is 82.3 cm³/mol. The van der Waals surface area contributed by atoms with Gasteiger partial charge in [-0.1, -0.05) is 11.6 Å². The highest BCUT2D eigenvalue weighted by molar-refractivity contribution is 7.15. The molecule has 0 bridgehead atoms. The Morgan fingerprint density at radius 3 is 2.57 bits per heavy atom. The summed E-state index contributed by atoms with van der Waals surface area (Å²) in [6.07, 6.45) is 1.63. The molecule has 2 rings (SSSR count). The lowest BCUT2D eigenvalue weighted by Crippen LogP contribution is -2.38. The molecule has 110 valence electrons. The zero-order valence-electron chi connectivity index (χ0n) is 11.0. The number of carboxylic acids is 1. The summed E-state index contributed by atoms with van der Waals surface area (Å²) in [7, 11) is 0. The zero-order chi connectivity index (χ0) is 15.4. The molecule has 1 heterocycles. The maximum Gasteiger partial charge on any atom is 0.328 e. The number of rotatable bonds is 4. The van der Waals surface area contributed by atoms with Crippen molar-refractivity contribution in [2.75, 3.05) is 16.8 Å². The SMILES string of the molecule is Cc1cnc(NC(=O)N(CC(=O)O)c2ccc(Cl)cc2)s1. The third kappa shape index (κ3) is 4.17. The number of amides is 2. The third-order valence-corrected chi connectivity index (χ3v) is 3.59. The van der Waals surface area contributed by atoms with Gasteiger partial charge in [0.05, 0.1) is 0 Å². The Kier molecular flexibility index (Phi) is 4.77. The number of urea groups is 1. The maximum atomic E-state index is 12.2. The summed E-state index contributed by atoms with van der Waals surface area (Å²) in [5, 5.41) is 12.5. The lowest BCUT2D eigenvalue weighted by atomic mass is 10.3. The van der Waals surface area contributed by atoms with Gasteiger partial charge in [0.1, 0.15) is 6.54 Å². The molecule has 0 aliphatic carbocycles. The van der Waals surface area contributed by atoms with Crippen molar-refractivity contribution in [2.45, 2.75) is 6.92 Å². The van der Waals surface area contributed by atoms with Gasteiger partial charge in [-0.15, -0.1) is 11.3 Å². The number of aromatic nitrogens is 1. The second kappa shape index (κ2) is 6.55. The second-order valence-electron chi connectivity index (χ2n) is 4.16. The number of nitrogens with zero attached hydrogens (tertiary/aromatic N) is 2. The van der Waals surface area contributed by atoms with Gasteiger partial charge in [0.15, 0.2) is 5.13 Å². The van der Waals surface area contributed by atoms with Gasteiger partial charge in [0, 0.05) is 21.8 Å². The fourth-order valence-electron chi connectivity index (χ4n) is 1.61. The molecule has 0 aliphatic heterocycles. The van der Waals surface area contributed by atoms with Gasteiger partial charge in [-0.25, -0.2) is 9.78 Å². The molecule has 2 N–H and O–H groups in total. The van der Waals surface area contributed by atoms with E-state index in [-0.39, 0.29) is 0 Å². The maximum absolute atomic E-state index is 12.2. The molecule has 0 atom stereocenters. The van der Waals surface area contributed by atoms with Gasteiger partial charge >= 0.3 is 12.0 Å². The number of carbonyl (C=O) groups excluding carboxylic acids is 1. The minimum absolute atomic E-state index is 0.418. The normalized spacial score (nSPS) is 10.2. The van der Waals surface area contributed by atoms with E-state index in [0.29, 0.717) is 15.8 Å². The monoisotopic (exact) mass is 325 g/mol. The quantitative estimate of drug-likeness (QED) is 0.904. The van der Waals surface area contributed by atoms with E-state index in [4.69, 9.17) is 16.7 Å². The Bertz CT molecular complexity index is 657. The van der Waals surface area contributed by atoms with Crippen LogP contribution in [-0.4, -0.2) is 28.6 Å². The van der Waals surface area contributed by atoms with Gasteiger partial charge in [0.25, 0.3) is 0 Å². The van der Waals surface area contributed by atoms with Crippen LogP contribution in [0.4, 0.5) is 15.6 Å². The number of anilines is 2. The molecular weight excluding hydrogens is 314 g/mol. The van der Waals surface area contributed by atoms with Crippen molar-refractivity contribution in [2.24, 2.45) is 0 Å². The van der Waals surface area contributed by atoms with Crippen LogP contribution in [0.25, 0.3) is 0 Å². The molecule has 0 fully saturated rings. The second-order valence-corrected chi connectivity index (χ2v) is 5.83. The van der Waals surface area contributed by atoms with Gasteiger partial charge < -0.3 is 5.11 Å². The lowest BCUT2D eigenvalue weighted by molar-refractivity contribution is -0.135. The van der Waals surface area contributed by atoms with E-state index >= 15 is 0 Å². The summed E-state index contributed by atoms with van der Waals surface area (Å²) >= 11 is 7.10. The topological polar surface area (TPSA) is 82.5 Å². The van der Waals surface area contributed by atoms with Gasteiger partial charge in [-0.3, -0.25) is 15.0 Å². The zero-order valence-corrected chi connectivity index (χ0v) is 12.6. The van der Waals surface area contributed by atoms with Crippen molar-refractivity contribution >= 4 is 45.8 Å². The van der Waals surface area contributed by atoms with Crippen molar-refractivity contribution < 1.29 is 14.7 Å². The van der Waals surface area contributed by atoms with E-state index in [1.54, 1.807) is 30.5 Å². The smallest absolute Gasteiger partial charge is 0.328 e. The largest absolute Gasteiger partial charge is 0.480 e. The van der Waals surface area contributed by atoms with Crippen LogP contribution in [0, 0.1) is 6.92 Å². The molecule has 21 heavy (non-hydrogen) atoms. The van der Waals surface area contributed by atoms with Crippen LogP contribution in [0.5, 0.6) is 0 Å². The first kappa shape index (κ1) is 15.3. The fourth-order valence-corrected chi connectivity index (χ4v) is 2.39. The highest BCUT2D eigenvalue weighted by Gasteiger charge is 2.19. The van der Waals surface area contributed by atoms with E-state index in [9.17, 15) is 9.59 Å². The minimum Gasteiger partial charge on any atom is -0.480 e. The van der Waals surface area contributed by atoms with Crippen molar-refractivity contribution in [3.8, 4) is 0 Å². The first-order valence-corrected chi connectivity index (χ1v) is 7.13. The molecule has 0 spiro atoms. The van der Waals surface area contributed by atoms with Crippen LogP contribution in [0.3, 0.4) is 0 Å². The van der Waals surface area contributed by atoms with Crippen molar-refractivity contribution in [1.82, 2.24) is 4.98 Å². The average Bonchev–Trinajstić information content (AvgIpc) is 2.82. The first-order valence-electron chi connectivity index (χ1n) is 5.94. The van der Waals surface area contributed by atoms with Crippen LogP contribution in [-0.2, 0) is 4.79 Å². The number of nitrogens with one attached hydrogen (secondary N) is 1. The fraction of sp³-hybridized carbons (Fsp3) is 0.154. The highest BCUT2D eigenvalue weighted by atomic mass is 35.5. The standard InChI is InChI=1S/C13H12ClN3O3S/c1-8-6-15-12(21-8)16-13(20)17(7-11(18)19)10-4-2-9(14)3-5-10/h2-6H,7H2,1H3,(H,18,19)(H,15,16,20). The van der Waals surface area contributed by atoms with Gasteiger partial charge in [0.2, 0.25) is 0 Å². The summed E-state index contributed by atoms with van der Waals surface area (Å²) < 4.78 is 0. The predicted octanol–water partition coefficient (Wildman–Crippen LogP) is 3.23. The third-order valence-electron chi connectivity index (χ3n) is 2.51. The van der Waals surface area contributed by atoms with Crippen LogP contribution in [0.1, 0.15) is 4.88 Å². The molecule has 6 nitrogen and oxygen atoms in total. The summed E-state index contributed by atoms with van der Waals surface area (Å²) in [6.45, 7) is 1.40. The molecule has 2 amide bonds. The molecule has 0 saturated heterocycles. The molecule has 2 aromatic rings. The van der Waals surface area contributed by atoms with Crippen LogP contribution in [0.2, 0.25) is 5.02 Å². The number of aliphatic carboxylic acids is 1. The minimum atomic E-state index is -1.12. The lowest BCUT2D eigenvalue weighted by Gasteiger charge is -2.20. The molecule has 0 radical (unpaired) electrons. The number of hydrogen-bond donors (Lipinski definition) is 2. The number of halogens is 1. The molecule has 0 aliphatic rings. The van der Waals surface area contributed by atoms with Gasteiger partial charge in [-0.05, 0) is 31.2 Å². The summed E-state index contributed by atoms with van der Waals surface area (Å²) in [6, 6.07) is 5.78. The molecule has 1 aromatic carbocycles. The van der Waals surface area contributed by atoms with E-state index in [2.05, 4.69) is 10.3 Å². The molecule has 8 heteroatoms. The van der Waals surface area contributed by atoms with Crippen LogP contribution in [0.15, 0.2) is 30.5 Å². The van der Waals surface area contributed by atoms with E-state index in [1.807, 2.05) is 6.92 Å². The van der Waals surface area contributed by atoms with Crippen LogP contribution >= 0.6 is 22.9 Å². The highest BCUT2D eigenvalue weighted by Crippen LogP contribution is 2.21. The number of aryl methyl sites for hydroxylation is 1. The van der Waals surface area contributed by atoms with Crippen molar-refractivity contribution in [3.63, 3.8) is 0 Å². The Hall–Kier alpha value is -2.12. The summed E-state index contributed by atoms with van der Waals surface area (Å²) in [5.41, 5.74) is 0.438. The van der Waals surface area contributed by atoms with E-state index in [1.165, 1.54) is 11.3 Å². The van der Waals surface area contributed by atoms with Crippen molar-refractivity contribution in [3.05, 3.63) is 40.4 Å². The Morgan fingerprint density at radius 2 is 2.05 bits per heavy atom. The Labute approximate surface area is 130 Å². The molecule has 0 unspecified atom stereocenters. The molecule has 0 saturated carbocycles. The summed E-state index contributed by atoms with van der Waals surface area (Å²) in [4.78, 5) is 29.2. The number of carboxylic acid groups (broad SMARTS) is 1. The first-order chi connectivity index (χ1) is 9.95. The summed E-state index contributed by atoms with van der Waals surface area (Å²) in [5.74, 6) is -1.12. The van der Waals surface area contributed by atoms with E-state index < -0.39 is 18.5 Å². The van der Waals surface area contributed by atoms with E-state index in [0.717, 1.165) is 9.78 Å².